The minimum Gasteiger partial charge on any atom is -0.378 e. The highest BCUT2D eigenvalue weighted by atomic mass is 16.1. The molecule has 0 atom stereocenters. The zero-order valence-corrected chi connectivity index (χ0v) is 11.4. The van der Waals surface area contributed by atoms with Gasteiger partial charge in [-0.2, -0.15) is 5.26 Å². The molecule has 0 aliphatic rings. The smallest absolute Gasteiger partial charge is 0.255 e. The van der Waals surface area contributed by atoms with E-state index in [2.05, 4.69) is 5.32 Å². The van der Waals surface area contributed by atoms with Crippen molar-refractivity contribution in [1.29, 1.82) is 5.26 Å². The molecule has 0 aliphatic carbocycles. The second-order valence-corrected chi connectivity index (χ2v) is 4.58. The van der Waals surface area contributed by atoms with Crippen LogP contribution in [-0.4, -0.2) is 20.0 Å². The van der Waals surface area contributed by atoms with Gasteiger partial charge in [0.1, 0.15) is 0 Å². The average Bonchev–Trinajstić information content (AvgIpc) is 2.48. The summed E-state index contributed by atoms with van der Waals surface area (Å²) < 4.78 is 0. The lowest BCUT2D eigenvalue weighted by Gasteiger charge is -2.12. The standard InChI is InChI=1S/C16H15N3O/c1-19(2)15-9-5-13(6-10-15)16(20)18-14-7-3-12(11-17)4-8-14/h3-10H,1-2H3,(H,18,20). The van der Waals surface area contributed by atoms with Crippen molar-refractivity contribution in [2.75, 3.05) is 24.3 Å². The Kier molecular flexibility index (Phi) is 4.02. The fraction of sp³-hybridized carbons (Fsp3) is 0.125. The number of carbonyl (C=O) groups excluding carboxylic acids is 1. The summed E-state index contributed by atoms with van der Waals surface area (Å²) in [6.45, 7) is 0. The monoisotopic (exact) mass is 265 g/mol. The van der Waals surface area contributed by atoms with Crippen LogP contribution in [0.3, 0.4) is 0 Å². The molecule has 0 unspecified atom stereocenters. The summed E-state index contributed by atoms with van der Waals surface area (Å²) in [5.41, 5.74) is 2.88. The van der Waals surface area contributed by atoms with Crippen molar-refractivity contribution in [1.82, 2.24) is 0 Å². The molecule has 100 valence electrons. The van der Waals surface area contributed by atoms with Gasteiger partial charge in [-0.1, -0.05) is 0 Å². The molecule has 2 aromatic carbocycles. The van der Waals surface area contributed by atoms with Crippen LogP contribution in [0, 0.1) is 11.3 Å². The molecule has 4 heteroatoms. The lowest BCUT2D eigenvalue weighted by atomic mass is 10.1. The van der Waals surface area contributed by atoms with E-state index < -0.39 is 0 Å². The lowest BCUT2D eigenvalue weighted by Crippen LogP contribution is -2.13. The Morgan fingerprint density at radius 2 is 1.65 bits per heavy atom. The van der Waals surface area contributed by atoms with Gasteiger partial charge < -0.3 is 10.2 Å². The van der Waals surface area contributed by atoms with Crippen LogP contribution in [0.25, 0.3) is 0 Å². The summed E-state index contributed by atoms with van der Waals surface area (Å²) in [5.74, 6) is -0.167. The quantitative estimate of drug-likeness (QED) is 0.928. The maximum absolute atomic E-state index is 12.1. The Labute approximate surface area is 118 Å². The van der Waals surface area contributed by atoms with Gasteiger partial charge in [0.2, 0.25) is 0 Å². The molecule has 4 nitrogen and oxygen atoms in total. The topological polar surface area (TPSA) is 56.1 Å². The molecule has 0 saturated carbocycles. The van der Waals surface area contributed by atoms with Crippen LogP contribution in [0.15, 0.2) is 48.5 Å². The zero-order chi connectivity index (χ0) is 14.5. The molecule has 1 N–H and O–H groups in total. The van der Waals surface area contributed by atoms with E-state index in [4.69, 9.17) is 5.26 Å². The number of rotatable bonds is 3. The van der Waals surface area contributed by atoms with Gasteiger partial charge in [0, 0.05) is 31.0 Å². The first-order valence-corrected chi connectivity index (χ1v) is 6.19. The molecule has 1 amide bonds. The van der Waals surface area contributed by atoms with Crippen LogP contribution in [0.5, 0.6) is 0 Å². The van der Waals surface area contributed by atoms with E-state index >= 15 is 0 Å². The Morgan fingerprint density at radius 1 is 1.05 bits per heavy atom. The van der Waals surface area contributed by atoms with E-state index in [0.717, 1.165) is 5.69 Å². The van der Waals surface area contributed by atoms with Gasteiger partial charge in [-0.25, -0.2) is 0 Å². The minimum absolute atomic E-state index is 0.167. The van der Waals surface area contributed by atoms with Gasteiger partial charge >= 0.3 is 0 Å². The molecular formula is C16H15N3O. The first kappa shape index (κ1) is 13.6. The van der Waals surface area contributed by atoms with Crippen LogP contribution in [0.1, 0.15) is 15.9 Å². The van der Waals surface area contributed by atoms with Crippen molar-refractivity contribution >= 4 is 17.3 Å². The van der Waals surface area contributed by atoms with E-state index in [-0.39, 0.29) is 5.91 Å². The summed E-state index contributed by atoms with van der Waals surface area (Å²) in [5, 5.41) is 11.5. The number of nitriles is 1. The van der Waals surface area contributed by atoms with Crippen LogP contribution in [0.2, 0.25) is 0 Å². The third-order valence-corrected chi connectivity index (χ3v) is 2.92. The fourth-order valence-corrected chi connectivity index (χ4v) is 1.74. The van der Waals surface area contributed by atoms with Gasteiger partial charge in [0.05, 0.1) is 11.6 Å². The van der Waals surface area contributed by atoms with Crippen molar-refractivity contribution < 1.29 is 4.79 Å². The molecule has 0 aromatic heterocycles. The second kappa shape index (κ2) is 5.89. The Bertz CT molecular complexity index is 637. The normalized spacial score (nSPS) is 9.65. The lowest BCUT2D eigenvalue weighted by molar-refractivity contribution is 0.102. The SMILES string of the molecule is CN(C)c1ccc(C(=O)Nc2ccc(C#N)cc2)cc1. The highest BCUT2D eigenvalue weighted by molar-refractivity contribution is 6.04. The molecule has 20 heavy (non-hydrogen) atoms. The van der Waals surface area contributed by atoms with E-state index in [9.17, 15) is 4.79 Å². The molecule has 0 bridgehead atoms. The number of anilines is 2. The van der Waals surface area contributed by atoms with Gasteiger partial charge in [-0.15, -0.1) is 0 Å². The molecular weight excluding hydrogens is 250 g/mol. The number of nitrogens with zero attached hydrogens (tertiary/aromatic N) is 2. The number of hydrogen-bond acceptors (Lipinski definition) is 3. The molecule has 0 radical (unpaired) electrons. The largest absolute Gasteiger partial charge is 0.378 e. The molecule has 0 spiro atoms. The number of nitrogens with one attached hydrogen (secondary N) is 1. The number of carbonyl (C=O) groups is 1. The predicted molar refractivity (Wildman–Crippen MR) is 79.9 cm³/mol. The molecule has 0 aliphatic heterocycles. The predicted octanol–water partition coefficient (Wildman–Crippen LogP) is 2.88. The van der Waals surface area contributed by atoms with Crippen molar-refractivity contribution in [3.8, 4) is 6.07 Å². The molecule has 0 heterocycles. The van der Waals surface area contributed by atoms with Crippen LogP contribution < -0.4 is 10.2 Å². The van der Waals surface area contributed by atoms with Gasteiger partial charge in [0.25, 0.3) is 5.91 Å². The summed E-state index contributed by atoms with van der Waals surface area (Å²) in [4.78, 5) is 14.0. The summed E-state index contributed by atoms with van der Waals surface area (Å²) in [6, 6.07) is 16.2. The van der Waals surface area contributed by atoms with E-state index in [1.54, 1.807) is 36.4 Å². The van der Waals surface area contributed by atoms with Crippen LogP contribution in [-0.2, 0) is 0 Å². The van der Waals surface area contributed by atoms with E-state index in [1.807, 2.05) is 37.2 Å². The Hall–Kier alpha value is -2.80. The maximum atomic E-state index is 12.1. The van der Waals surface area contributed by atoms with Crippen LogP contribution in [0.4, 0.5) is 11.4 Å². The fourth-order valence-electron chi connectivity index (χ4n) is 1.74. The highest BCUT2D eigenvalue weighted by Gasteiger charge is 2.06. The van der Waals surface area contributed by atoms with Crippen molar-refractivity contribution in [2.45, 2.75) is 0 Å². The molecule has 0 saturated heterocycles. The Morgan fingerprint density at radius 3 is 2.15 bits per heavy atom. The van der Waals surface area contributed by atoms with Gasteiger partial charge in [-0.3, -0.25) is 4.79 Å². The van der Waals surface area contributed by atoms with E-state index in [1.165, 1.54) is 0 Å². The summed E-state index contributed by atoms with van der Waals surface area (Å²) in [7, 11) is 3.90. The first-order valence-electron chi connectivity index (χ1n) is 6.19. The number of hydrogen-bond donors (Lipinski definition) is 1. The van der Waals surface area contributed by atoms with Crippen molar-refractivity contribution in [2.24, 2.45) is 0 Å². The van der Waals surface area contributed by atoms with Gasteiger partial charge in [0.15, 0.2) is 0 Å². The highest BCUT2D eigenvalue weighted by Crippen LogP contribution is 2.14. The summed E-state index contributed by atoms with van der Waals surface area (Å²) in [6.07, 6.45) is 0. The zero-order valence-electron chi connectivity index (χ0n) is 11.4. The second-order valence-electron chi connectivity index (χ2n) is 4.58. The third-order valence-electron chi connectivity index (χ3n) is 2.92. The maximum Gasteiger partial charge on any atom is 0.255 e. The van der Waals surface area contributed by atoms with Gasteiger partial charge in [-0.05, 0) is 48.5 Å². The summed E-state index contributed by atoms with van der Waals surface area (Å²) >= 11 is 0. The third kappa shape index (κ3) is 3.15. The molecule has 2 aromatic rings. The van der Waals surface area contributed by atoms with E-state index in [0.29, 0.717) is 16.8 Å². The Balaban J connectivity index is 2.09. The first-order chi connectivity index (χ1) is 9.60. The van der Waals surface area contributed by atoms with Crippen molar-refractivity contribution in [3.63, 3.8) is 0 Å². The molecule has 2 rings (SSSR count). The number of benzene rings is 2. The minimum atomic E-state index is -0.167. The van der Waals surface area contributed by atoms with Crippen LogP contribution >= 0.6 is 0 Å². The van der Waals surface area contributed by atoms with Crippen molar-refractivity contribution in [3.05, 3.63) is 59.7 Å². The number of amides is 1. The average molecular weight is 265 g/mol. The molecule has 0 fully saturated rings.